The highest BCUT2D eigenvalue weighted by Crippen LogP contribution is 2.41. The number of hydrogen-bond donors (Lipinski definition) is 0. The molecule has 2 fully saturated rings. The molecule has 3 heteroatoms. The molecule has 2 heterocycles. The summed E-state index contributed by atoms with van der Waals surface area (Å²) in [6, 6.07) is 3.71. The van der Waals surface area contributed by atoms with Gasteiger partial charge >= 0.3 is 0 Å². The van der Waals surface area contributed by atoms with Gasteiger partial charge in [0.25, 0.3) is 0 Å². The zero-order valence-electron chi connectivity index (χ0n) is 11.3. The van der Waals surface area contributed by atoms with Crippen LogP contribution < -0.4 is 0 Å². The fourth-order valence-electron chi connectivity index (χ4n) is 3.54. The van der Waals surface area contributed by atoms with Crippen LogP contribution in [0.5, 0.6) is 0 Å². The molecule has 1 aromatic heterocycles. The summed E-state index contributed by atoms with van der Waals surface area (Å²) in [5, 5.41) is 0. The molecule has 0 aromatic carbocycles. The van der Waals surface area contributed by atoms with E-state index in [4.69, 9.17) is 4.74 Å². The van der Waals surface area contributed by atoms with E-state index < -0.39 is 0 Å². The fraction of sp³-hybridized carbons (Fsp3) is 0.625. The first-order valence-corrected chi connectivity index (χ1v) is 7.37. The van der Waals surface area contributed by atoms with E-state index in [9.17, 15) is 4.79 Å². The van der Waals surface area contributed by atoms with Gasteiger partial charge in [-0.2, -0.15) is 0 Å². The molecule has 1 unspecified atom stereocenters. The predicted molar refractivity (Wildman–Crippen MR) is 73.1 cm³/mol. The molecule has 3 nitrogen and oxygen atoms in total. The van der Waals surface area contributed by atoms with Crippen molar-refractivity contribution in [2.75, 3.05) is 6.61 Å². The Balaban J connectivity index is 1.73. The molecule has 1 spiro atoms. The van der Waals surface area contributed by atoms with Crippen molar-refractivity contribution in [1.82, 2.24) is 4.98 Å². The number of pyridine rings is 1. The maximum absolute atomic E-state index is 12.5. The number of carbonyl (C=O) groups is 1. The first-order valence-electron chi connectivity index (χ1n) is 7.37. The monoisotopic (exact) mass is 259 g/mol. The number of hydrogen-bond acceptors (Lipinski definition) is 3. The molecule has 1 saturated carbocycles. The maximum atomic E-state index is 12.5. The molecule has 1 atom stereocenters. The molecule has 1 aliphatic heterocycles. The van der Waals surface area contributed by atoms with E-state index in [0.29, 0.717) is 0 Å². The Labute approximate surface area is 114 Å². The standard InChI is InChI=1S/C16H21NO2/c18-15(14-5-4-9-17-12-14)13-6-10-19-16(11-13)7-2-1-3-8-16/h4-5,9,12-13H,1-3,6-8,10-11H2. The summed E-state index contributed by atoms with van der Waals surface area (Å²) in [4.78, 5) is 16.6. The van der Waals surface area contributed by atoms with Gasteiger partial charge in [-0.3, -0.25) is 9.78 Å². The van der Waals surface area contributed by atoms with Crippen molar-refractivity contribution in [3.63, 3.8) is 0 Å². The third-order valence-corrected chi connectivity index (χ3v) is 4.57. The molecule has 0 bridgehead atoms. The minimum absolute atomic E-state index is 0.000957. The minimum atomic E-state index is -0.000957. The van der Waals surface area contributed by atoms with E-state index in [2.05, 4.69) is 4.98 Å². The van der Waals surface area contributed by atoms with E-state index in [1.807, 2.05) is 12.1 Å². The van der Waals surface area contributed by atoms with Crippen molar-refractivity contribution in [2.24, 2.45) is 5.92 Å². The molecule has 1 aliphatic carbocycles. The number of rotatable bonds is 2. The molecular weight excluding hydrogens is 238 g/mol. The van der Waals surface area contributed by atoms with E-state index in [1.165, 1.54) is 19.3 Å². The molecule has 0 amide bonds. The molecule has 3 rings (SSSR count). The third-order valence-electron chi connectivity index (χ3n) is 4.57. The summed E-state index contributed by atoms with van der Waals surface area (Å²) in [6.45, 7) is 0.733. The third kappa shape index (κ3) is 2.71. The number of ketones is 1. The second-order valence-electron chi connectivity index (χ2n) is 5.89. The first-order chi connectivity index (χ1) is 9.29. The van der Waals surface area contributed by atoms with Crippen molar-refractivity contribution in [3.8, 4) is 0 Å². The number of Topliss-reactive ketones (excluding diaryl/α,β-unsaturated/α-hetero) is 1. The Kier molecular flexibility index (Phi) is 3.65. The van der Waals surface area contributed by atoms with Crippen LogP contribution in [-0.2, 0) is 4.74 Å². The largest absolute Gasteiger partial charge is 0.375 e. The molecule has 19 heavy (non-hydrogen) atoms. The average Bonchev–Trinajstić information content (AvgIpc) is 2.48. The van der Waals surface area contributed by atoms with Gasteiger partial charge in [0.1, 0.15) is 0 Å². The van der Waals surface area contributed by atoms with Crippen LogP contribution >= 0.6 is 0 Å². The molecule has 1 aromatic rings. The Morgan fingerprint density at radius 3 is 2.89 bits per heavy atom. The summed E-state index contributed by atoms with van der Waals surface area (Å²) >= 11 is 0. The van der Waals surface area contributed by atoms with Crippen LogP contribution in [0.25, 0.3) is 0 Å². The van der Waals surface area contributed by atoms with Crippen molar-refractivity contribution >= 4 is 5.78 Å². The van der Waals surface area contributed by atoms with Crippen molar-refractivity contribution < 1.29 is 9.53 Å². The Bertz CT molecular complexity index is 432. The predicted octanol–water partition coefficient (Wildman–Crippen LogP) is 3.39. The number of aromatic nitrogens is 1. The lowest BCUT2D eigenvalue weighted by molar-refractivity contribution is -0.111. The van der Waals surface area contributed by atoms with Crippen molar-refractivity contribution in [1.29, 1.82) is 0 Å². The lowest BCUT2D eigenvalue weighted by Crippen LogP contribution is -2.43. The van der Waals surface area contributed by atoms with Gasteiger partial charge in [-0.25, -0.2) is 0 Å². The van der Waals surface area contributed by atoms with Crippen LogP contribution in [0.4, 0.5) is 0 Å². The molecule has 0 N–H and O–H groups in total. The minimum Gasteiger partial charge on any atom is -0.375 e. The first kappa shape index (κ1) is 12.8. The van der Waals surface area contributed by atoms with Crippen molar-refractivity contribution in [3.05, 3.63) is 30.1 Å². The number of ether oxygens (including phenoxy) is 1. The molecule has 2 aliphatic rings. The topological polar surface area (TPSA) is 39.2 Å². The van der Waals surface area contributed by atoms with E-state index in [1.54, 1.807) is 12.4 Å². The molecular formula is C16H21NO2. The second kappa shape index (κ2) is 5.41. The lowest BCUT2D eigenvalue weighted by atomic mass is 9.74. The Morgan fingerprint density at radius 1 is 1.32 bits per heavy atom. The number of nitrogens with zero attached hydrogens (tertiary/aromatic N) is 1. The molecule has 0 radical (unpaired) electrons. The highest BCUT2D eigenvalue weighted by atomic mass is 16.5. The van der Waals surface area contributed by atoms with Gasteiger partial charge in [0, 0.05) is 30.5 Å². The smallest absolute Gasteiger partial charge is 0.167 e. The SMILES string of the molecule is O=C(c1cccnc1)C1CCOC2(CCCCC2)C1. The maximum Gasteiger partial charge on any atom is 0.167 e. The Morgan fingerprint density at radius 2 is 2.16 bits per heavy atom. The van der Waals surface area contributed by atoms with Crippen LogP contribution in [0.2, 0.25) is 0 Å². The van der Waals surface area contributed by atoms with Gasteiger partial charge in [-0.05, 0) is 37.8 Å². The highest BCUT2D eigenvalue weighted by molar-refractivity contribution is 5.97. The van der Waals surface area contributed by atoms with Crippen LogP contribution in [0, 0.1) is 5.92 Å². The normalized spacial score (nSPS) is 26.2. The van der Waals surface area contributed by atoms with Crippen LogP contribution in [0.1, 0.15) is 55.3 Å². The van der Waals surface area contributed by atoms with E-state index in [0.717, 1.165) is 37.9 Å². The Hall–Kier alpha value is -1.22. The number of carbonyl (C=O) groups excluding carboxylic acids is 1. The van der Waals surface area contributed by atoms with E-state index >= 15 is 0 Å². The summed E-state index contributed by atoms with van der Waals surface area (Å²) in [5.41, 5.74) is 0.749. The summed E-state index contributed by atoms with van der Waals surface area (Å²) < 4.78 is 6.05. The quantitative estimate of drug-likeness (QED) is 0.764. The van der Waals surface area contributed by atoms with Gasteiger partial charge in [0.2, 0.25) is 0 Å². The van der Waals surface area contributed by atoms with E-state index in [-0.39, 0.29) is 17.3 Å². The summed E-state index contributed by atoms with van der Waals surface area (Å²) in [6.07, 6.45) is 11.2. The van der Waals surface area contributed by atoms with Gasteiger partial charge in [-0.15, -0.1) is 0 Å². The zero-order chi connectivity index (χ0) is 13.1. The van der Waals surface area contributed by atoms with Crippen molar-refractivity contribution in [2.45, 2.75) is 50.5 Å². The molecule has 102 valence electrons. The molecule has 1 saturated heterocycles. The average molecular weight is 259 g/mol. The van der Waals surface area contributed by atoms with Gasteiger partial charge in [0.05, 0.1) is 5.60 Å². The van der Waals surface area contributed by atoms with Crippen LogP contribution in [-0.4, -0.2) is 23.0 Å². The second-order valence-corrected chi connectivity index (χ2v) is 5.89. The fourth-order valence-corrected chi connectivity index (χ4v) is 3.54. The summed E-state index contributed by atoms with van der Waals surface area (Å²) in [7, 11) is 0. The van der Waals surface area contributed by atoms with Crippen LogP contribution in [0.15, 0.2) is 24.5 Å². The van der Waals surface area contributed by atoms with Gasteiger partial charge in [-0.1, -0.05) is 19.3 Å². The lowest BCUT2D eigenvalue weighted by Gasteiger charge is -2.43. The van der Waals surface area contributed by atoms with Crippen LogP contribution in [0.3, 0.4) is 0 Å². The van der Waals surface area contributed by atoms with Gasteiger partial charge in [0.15, 0.2) is 5.78 Å². The zero-order valence-corrected chi connectivity index (χ0v) is 11.3. The highest BCUT2D eigenvalue weighted by Gasteiger charge is 2.40. The van der Waals surface area contributed by atoms with Gasteiger partial charge < -0.3 is 4.74 Å². The summed E-state index contributed by atoms with van der Waals surface area (Å²) in [5.74, 6) is 0.373.